The minimum Gasteiger partial charge on any atom is -0.475 e. The van der Waals surface area contributed by atoms with Gasteiger partial charge >= 0.3 is 17.8 Å². The molecule has 3 heterocycles. The summed E-state index contributed by atoms with van der Waals surface area (Å²) in [6.07, 6.45) is -5.64. The summed E-state index contributed by atoms with van der Waals surface area (Å²) in [4.78, 5) is 38.9. The van der Waals surface area contributed by atoms with E-state index in [4.69, 9.17) is 15.6 Å². The smallest absolute Gasteiger partial charge is 0.475 e. The molecule has 1 amide bonds. The van der Waals surface area contributed by atoms with Crippen LogP contribution in [0.1, 0.15) is 11.8 Å². The lowest BCUT2D eigenvalue weighted by molar-refractivity contribution is -0.192. The van der Waals surface area contributed by atoms with Gasteiger partial charge < -0.3 is 16.2 Å². The zero-order valence-corrected chi connectivity index (χ0v) is 21.5. The average molecular weight is 591 g/mol. The van der Waals surface area contributed by atoms with Gasteiger partial charge in [0.1, 0.15) is 6.33 Å². The molecule has 0 spiro atoms. The molecular formula is C22H19F5N6O4S2. The van der Waals surface area contributed by atoms with Gasteiger partial charge in [0, 0.05) is 28.8 Å². The highest BCUT2D eigenvalue weighted by Gasteiger charge is 2.38. The van der Waals surface area contributed by atoms with Gasteiger partial charge in [0.05, 0.1) is 23.3 Å². The lowest BCUT2D eigenvalue weighted by atomic mass is 10.2. The number of rotatable bonds is 7. The first-order valence-corrected chi connectivity index (χ1v) is 12.3. The fourth-order valence-corrected chi connectivity index (χ4v) is 4.99. The van der Waals surface area contributed by atoms with Gasteiger partial charge in [0.25, 0.3) is 6.08 Å². The molecule has 4 N–H and O–H groups in total. The predicted molar refractivity (Wildman–Crippen MR) is 135 cm³/mol. The van der Waals surface area contributed by atoms with Crippen molar-refractivity contribution in [2.45, 2.75) is 26.2 Å². The molecule has 39 heavy (non-hydrogen) atoms. The van der Waals surface area contributed by atoms with Gasteiger partial charge in [-0.1, -0.05) is 17.4 Å². The number of carboxylic acids is 1. The summed E-state index contributed by atoms with van der Waals surface area (Å²) in [7, 11) is 0. The molecule has 0 saturated carbocycles. The number of hydrogen-bond donors (Lipinski definition) is 3. The molecule has 4 aromatic rings. The summed E-state index contributed by atoms with van der Waals surface area (Å²) < 4.78 is 60.7. The molecule has 0 fully saturated rings. The zero-order chi connectivity index (χ0) is 28.9. The SMILES string of the molecule is CC(=O)Nc1nc2ccc(-c3ccc(Cn4cnn(CC(CN)=C(F)F)c4=O)s3)cc2s1.O=C(O)C(F)(F)F. The number of nitrogens with zero attached hydrogens (tertiary/aromatic N) is 4. The Hall–Kier alpha value is -3.96. The maximum absolute atomic E-state index is 12.8. The van der Waals surface area contributed by atoms with Crippen molar-refractivity contribution >= 4 is 49.9 Å². The molecule has 0 saturated heterocycles. The van der Waals surface area contributed by atoms with Crippen molar-refractivity contribution in [2.75, 3.05) is 11.9 Å². The summed E-state index contributed by atoms with van der Waals surface area (Å²) in [5.41, 5.74) is 6.29. The van der Waals surface area contributed by atoms with Crippen LogP contribution in [0.25, 0.3) is 20.7 Å². The molecule has 10 nitrogen and oxygen atoms in total. The Kier molecular flexibility index (Phi) is 9.31. The standard InChI is InChI=1S/C20H18F2N6O2S2.C2HF3O2/c1-11(29)25-19-26-15-4-2-12(6-17(15)32-19)16-5-3-14(31-16)9-27-10-24-28(20(27)30)8-13(7-23)18(21)22;3-2(4,5)1(6)7/h2-6,10H,7-9,23H2,1H3,(H,25,26,29);(H,6,7). The van der Waals surface area contributed by atoms with E-state index in [1.807, 2.05) is 30.3 Å². The molecule has 0 atom stereocenters. The third kappa shape index (κ3) is 7.78. The molecule has 17 heteroatoms. The largest absolute Gasteiger partial charge is 0.490 e. The van der Waals surface area contributed by atoms with Gasteiger partial charge in [0.2, 0.25) is 5.91 Å². The molecule has 0 aliphatic carbocycles. The summed E-state index contributed by atoms with van der Waals surface area (Å²) in [6.45, 7) is 1.04. The Morgan fingerprint density at radius 1 is 1.15 bits per heavy atom. The first-order valence-electron chi connectivity index (χ1n) is 10.7. The van der Waals surface area contributed by atoms with Crippen molar-refractivity contribution in [1.82, 2.24) is 19.3 Å². The van der Waals surface area contributed by atoms with E-state index in [-0.39, 0.29) is 31.1 Å². The minimum absolute atomic E-state index is 0.171. The number of thiazole rings is 1. The number of thiophene rings is 1. The van der Waals surface area contributed by atoms with Gasteiger partial charge in [-0.25, -0.2) is 19.3 Å². The zero-order valence-electron chi connectivity index (χ0n) is 19.8. The van der Waals surface area contributed by atoms with Gasteiger partial charge in [-0.3, -0.25) is 9.36 Å². The Morgan fingerprint density at radius 3 is 2.44 bits per heavy atom. The normalized spacial score (nSPS) is 11.2. The van der Waals surface area contributed by atoms with Crippen LogP contribution in [0.3, 0.4) is 0 Å². The lowest BCUT2D eigenvalue weighted by Crippen LogP contribution is -2.27. The number of aliphatic carboxylic acids is 1. The summed E-state index contributed by atoms with van der Waals surface area (Å²) in [5.74, 6) is -2.93. The van der Waals surface area contributed by atoms with E-state index in [0.717, 1.165) is 30.2 Å². The highest BCUT2D eigenvalue weighted by molar-refractivity contribution is 7.22. The Labute approximate surface area is 223 Å². The summed E-state index contributed by atoms with van der Waals surface area (Å²) in [5, 5.41) is 14.3. The van der Waals surface area contributed by atoms with E-state index in [1.54, 1.807) is 0 Å². The van der Waals surface area contributed by atoms with Crippen LogP contribution in [0.5, 0.6) is 0 Å². The van der Waals surface area contributed by atoms with Crippen molar-refractivity contribution in [3.63, 3.8) is 0 Å². The first-order chi connectivity index (χ1) is 18.3. The number of carboxylic acid groups (broad SMARTS) is 1. The number of alkyl halides is 3. The quantitative estimate of drug-likeness (QED) is 0.275. The number of nitrogens with two attached hydrogens (primary N) is 1. The van der Waals surface area contributed by atoms with Crippen LogP contribution in [0.4, 0.5) is 27.1 Å². The van der Waals surface area contributed by atoms with Crippen molar-refractivity contribution in [2.24, 2.45) is 5.73 Å². The number of carbonyl (C=O) groups is 2. The second kappa shape index (κ2) is 12.3. The third-order valence-electron chi connectivity index (χ3n) is 4.84. The van der Waals surface area contributed by atoms with Crippen LogP contribution in [0.15, 0.2) is 53.1 Å². The molecule has 0 unspecified atom stereocenters. The minimum atomic E-state index is -5.08. The van der Waals surface area contributed by atoms with E-state index in [2.05, 4.69) is 15.4 Å². The van der Waals surface area contributed by atoms with Crippen molar-refractivity contribution in [3.8, 4) is 10.4 Å². The molecule has 0 aliphatic rings. The fourth-order valence-electron chi connectivity index (χ4n) is 3.04. The third-order valence-corrected chi connectivity index (χ3v) is 6.89. The summed E-state index contributed by atoms with van der Waals surface area (Å²) >= 11 is 2.91. The maximum atomic E-state index is 12.8. The molecular weight excluding hydrogens is 571 g/mol. The van der Waals surface area contributed by atoms with E-state index in [9.17, 15) is 31.5 Å². The van der Waals surface area contributed by atoms with Gasteiger partial charge in [-0.15, -0.1) is 11.3 Å². The Morgan fingerprint density at radius 2 is 1.85 bits per heavy atom. The molecule has 4 rings (SSSR count). The molecule has 0 aliphatic heterocycles. The highest BCUT2D eigenvalue weighted by Crippen LogP contribution is 2.34. The molecule has 0 radical (unpaired) electrons. The number of anilines is 1. The topological polar surface area (TPSA) is 145 Å². The van der Waals surface area contributed by atoms with E-state index >= 15 is 0 Å². The van der Waals surface area contributed by atoms with Crippen molar-refractivity contribution in [3.05, 3.63) is 63.7 Å². The van der Waals surface area contributed by atoms with Crippen LogP contribution < -0.4 is 16.7 Å². The Bertz CT molecular complexity index is 1580. The number of aromatic nitrogens is 4. The lowest BCUT2D eigenvalue weighted by Gasteiger charge is -2.02. The summed E-state index contributed by atoms with van der Waals surface area (Å²) in [6, 6.07) is 9.72. The second-order valence-electron chi connectivity index (χ2n) is 7.72. The van der Waals surface area contributed by atoms with Crippen LogP contribution in [-0.2, 0) is 22.7 Å². The van der Waals surface area contributed by atoms with E-state index < -0.39 is 23.9 Å². The first kappa shape index (κ1) is 29.6. The fraction of sp³-hybridized carbons (Fsp3) is 0.227. The van der Waals surface area contributed by atoms with Crippen molar-refractivity contribution < 1.29 is 36.6 Å². The predicted octanol–water partition coefficient (Wildman–Crippen LogP) is 4.13. The Balaban J connectivity index is 0.000000532. The van der Waals surface area contributed by atoms with Crippen LogP contribution >= 0.6 is 22.7 Å². The number of hydrogen-bond acceptors (Lipinski definition) is 8. The van der Waals surface area contributed by atoms with Gasteiger partial charge in [-0.2, -0.15) is 27.1 Å². The van der Waals surface area contributed by atoms with Crippen molar-refractivity contribution in [1.29, 1.82) is 0 Å². The van der Waals surface area contributed by atoms with Crippen LogP contribution in [0, 0.1) is 0 Å². The van der Waals surface area contributed by atoms with Crippen LogP contribution in [-0.4, -0.2) is 49.0 Å². The molecule has 208 valence electrons. The number of amides is 1. The number of fused-ring (bicyclic) bond motifs is 1. The average Bonchev–Trinajstić information content (AvgIpc) is 3.55. The molecule has 1 aromatic carbocycles. The second-order valence-corrected chi connectivity index (χ2v) is 9.92. The van der Waals surface area contributed by atoms with E-state index in [0.29, 0.717) is 5.13 Å². The molecule has 0 bridgehead atoms. The van der Waals surface area contributed by atoms with Gasteiger partial charge in [0.15, 0.2) is 5.13 Å². The highest BCUT2D eigenvalue weighted by atomic mass is 32.1. The van der Waals surface area contributed by atoms with Gasteiger partial charge in [-0.05, 0) is 29.8 Å². The number of benzene rings is 1. The van der Waals surface area contributed by atoms with E-state index in [1.165, 1.54) is 40.5 Å². The molecule has 3 aromatic heterocycles. The number of carbonyl (C=O) groups excluding carboxylic acids is 1. The maximum Gasteiger partial charge on any atom is 0.490 e. The number of halogens is 5. The van der Waals surface area contributed by atoms with Crippen LogP contribution in [0.2, 0.25) is 0 Å². The number of nitrogens with one attached hydrogen (secondary N) is 1. The monoisotopic (exact) mass is 590 g/mol.